The van der Waals surface area contributed by atoms with E-state index in [-0.39, 0.29) is 24.1 Å². The van der Waals surface area contributed by atoms with Gasteiger partial charge >= 0.3 is 5.97 Å². The van der Waals surface area contributed by atoms with E-state index in [1.165, 1.54) is 18.3 Å². The number of aromatic carboxylic acids is 1. The number of carboxylic acids is 1. The molecular formula is C12H16N2O5S. The summed E-state index contributed by atoms with van der Waals surface area (Å²) in [5.74, 6) is -1.16. The molecule has 7 nitrogen and oxygen atoms in total. The second-order valence-electron chi connectivity index (χ2n) is 4.59. The molecule has 0 radical (unpaired) electrons. The molecule has 20 heavy (non-hydrogen) atoms. The summed E-state index contributed by atoms with van der Waals surface area (Å²) < 4.78 is 31.4. The van der Waals surface area contributed by atoms with Gasteiger partial charge in [0.1, 0.15) is 5.69 Å². The van der Waals surface area contributed by atoms with E-state index in [0.29, 0.717) is 12.2 Å². The fraction of sp³-hybridized carbons (Fsp3) is 0.500. The highest BCUT2D eigenvalue weighted by molar-refractivity contribution is 7.89. The molecule has 8 heteroatoms. The van der Waals surface area contributed by atoms with Gasteiger partial charge in [0.15, 0.2) is 0 Å². The molecule has 0 aromatic carbocycles. The van der Waals surface area contributed by atoms with E-state index in [9.17, 15) is 13.2 Å². The Kier molecular flexibility index (Phi) is 4.69. The van der Waals surface area contributed by atoms with Crippen LogP contribution in [0.1, 0.15) is 28.9 Å². The summed E-state index contributed by atoms with van der Waals surface area (Å²) >= 11 is 0. The SMILES string of the molecule is O=C(O)c1ccc(CNS(=O)(=O)CC2CCCO2)cn1. The van der Waals surface area contributed by atoms with Crippen LogP contribution in [0.25, 0.3) is 0 Å². The van der Waals surface area contributed by atoms with E-state index in [4.69, 9.17) is 9.84 Å². The first-order chi connectivity index (χ1) is 9.46. The summed E-state index contributed by atoms with van der Waals surface area (Å²) in [6.07, 6.45) is 2.76. The highest BCUT2D eigenvalue weighted by Gasteiger charge is 2.22. The van der Waals surface area contributed by atoms with Crippen LogP contribution in [0.3, 0.4) is 0 Å². The minimum Gasteiger partial charge on any atom is -0.477 e. The second kappa shape index (κ2) is 6.29. The van der Waals surface area contributed by atoms with Crippen molar-refractivity contribution < 1.29 is 23.1 Å². The number of carbonyl (C=O) groups is 1. The van der Waals surface area contributed by atoms with Crippen LogP contribution in [0.5, 0.6) is 0 Å². The lowest BCUT2D eigenvalue weighted by Gasteiger charge is -2.11. The van der Waals surface area contributed by atoms with E-state index in [1.54, 1.807) is 0 Å². The summed E-state index contributed by atoms with van der Waals surface area (Å²) in [6, 6.07) is 2.87. The summed E-state index contributed by atoms with van der Waals surface area (Å²) in [7, 11) is -3.41. The average Bonchev–Trinajstić information content (AvgIpc) is 2.89. The molecule has 110 valence electrons. The molecule has 1 aliphatic heterocycles. The molecule has 1 saturated heterocycles. The summed E-state index contributed by atoms with van der Waals surface area (Å²) in [5, 5.41) is 8.71. The van der Waals surface area contributed by atoms with Crippen LogP contribution in [-0.2, 0) is 21.3 Å². The van der Waals surface area contributed by atoms with Gasteiger partial charge in [0.05, 0.1) is 11.9 Å². The first-order valence-electron chi connectivity index (χ1n) is 6.23. The van der Waals surface area contributed by atoms with Crippen LogP contribution in [0, 0.1) is 0 Å². The maximum atomic E-state index is 11.8. The quantitative estimate of drug-likeness (QED) is 0.786. The van der Waals surface area contributed by atoms with Crippen molar-refractivity contribution in [1.29, 1.82) is 0 Å². The summed E-state index contributed by atoms with van der Waals surface area (Å²) in [5.41, 5.74) is 0.530. The molecule has 1 unspecified atom stereocenters. The molecule has 1 aromatic heterocycles. The van der Waals surface area contributed by atoms with Gasteiger partial charge < -0.3 is 9.84 Å². The van der Waals surface area contributed by atoms with Gasteiger partial charge in [-0.25, -0.2) is 22.9 Å². The molecule has 2 heterocycles. The van der Waals surface area contributed by atoms with E-state index < -0.39 is 16.0 Å². The number of nitrogens with zero attached hydrogens (tertiary/aromatic N) is 1. The largest absolute Gasteiger partial charge is 0.477 e. The lowest BCUT2D eigenvalue weighted by molar-refractivity contribution is 0.0690. The number of carboxylic acid groups (broad SMARTS) is 1. The molecule has 1 atom stereocenters. The van der Waals surface area contributed by atoms with Crippen LogP contribution in [0.2, 0.25) is 0 Å². The Morgan fingerprint density at radius 1 is 1.50 bits per heavy atom. The Morgan fingerprint density at radius 3 is 2.85 bits per heavy atom. The van der Waals surface area contributed by atoms with Crippen molar-refractivity contribution in [2.24, 2.45) is 0 Å². The number of hydrogen-bond donors (Lipinski definition) is 2. The number of nitrogens with one attached hydrogen (secondary N) is 1. The Hall–Kier alpha value is -1.51. The first-order valence-corrected chi connectivity index (χ1v) is 7.89. The van der Waals surface area contributed by atoms with Gasteiger partial charge in [-0.05, 0) is 24.5 Å². The van der Waals surface area contributed by atoms with Gasteiger partial charge in [-0.2, -0.15) is 0 Å². The van der Waals surface area contributed by atoms with Crippen LogP contribution < -0.4 is 4.72 Å². The Morgan fingerprint density at radius 2 is 2.30 bits per heavy atom. The van der Waals surface area contributed by atoms with Crippen LogP contribution in [0.4, 0.5) is 0 Å². The maximum Gasteiger partial charge on any atom is 0.354 e. The Balaban J connectivity index is 1.88. The fourth-order valence-corrected chi connectivity index (χ4v) is 3.19. The van der Waals surface area contributed by atoms with Crippen molar-refractivity contribution in [2.75, 3.05) is 12.4 Å². The smallest absolute Gasteiger partial charge is 0.354 e. The van der Waals surface area contributed by atoms with Gasteiger partial charge in [-0.3, -0.25) is 0 Å². The predicted molar refractivity (Wildman–Crippen MR) is 70.8 cm³/mol. The topological polar surface area (TPSA) is 106 Å². The zero-order valence-corrected chi connectivity index (χ0v) is 11.6. The van der Waals surface area contributed by atoms with Gasteiger partial charge in [0.25, 0.3) is 0 Å². The maximum absolute atomic E-state index is 11.8. The zero-order valence-electron chi connectivity index (χ0n) is 10.8. The van der Waals surface area contributed by atoms with Crippen molar-refractivity contribution in [3.8, 4) is 0 Å². The number of aromatic nitrogens is 1. The molecule has 1 fully saturated rings. The molecule has 1 aliphatic rings. The number of hydrogen-bond acceptors (Lipinski definition) is 5. The minimum absolute atomic E-state index is 0.0480. The third-order valence-electron chi connectivity index (χ3n) is 2.97. The van der Waals surface area contributed by atoms with Crippen molar-refractivity contribution in [3.05, 3.63) is 29.6 Å². The average molecular weight is 300 g/mol. The molecule has 1 aromatic rings. The van der Waals surface area contributed by atoms with Crippen LogP contribution in [0.15, 0.2) is 18.3 Å². The normalized spacial score (nSPS) is 19.1. The molecular weight excluding hydrogens is 284 g/mol. The number of sulfonamides is 1. The third-order valence-corrected chi connectivity index (χ3v) is 4.36. The fourth-order valence-electron chi connectivity index (χ4n) is 1.93. The van der Waals surface area contributed by atoms with Crippen LogP contribution >= 0.6 is 0 Å². The van der Waals surface area contributed by atoms with Gasteiger partial charge in [-0.15, -0.1) is 0 Å². The highest BCUT2D eigenvalue weighted by Crippen LogP contribution is 2.13. The standard InChI is InChI=1S/C12H16N2O5S/c15-12(16)11-4-3-9(6-13-11)7-14-20(17,18)8-10-2-1-5-19-10/h3-4,6,10,14H,1-2,5,7-8H2,(H,15,16). The molecule has 2 rings (SSSR count). The lowest BCUT2D eigenvalue weighted by Crippen LogP contribution is -2.31. The molecule has 2 N–H and O–H groups in total. The molecule has 0 bridgehead atoms. The second-order valence-corrected chi connectivity index (χ2v) is 6.45. The van der Waals surface area contributed by atoms with Crippen molar-refractivity contribution >= 4 is 16.0 Å². The third kappa shape index (κ3) is 4.26. The molecule has 0 amide bonds. The van der Waals surface area contributed by atoms with Gasteiger partial charge in [-0.1, -0.05) is 6.07 Å². The number of pyridine rings is 1. The van der Waals surface area contributed by atoms with Crippen LogP contribution in [-0.4, -0.2) is 42.9 Å². The zero-order chi connectivity index (χ0) is 14.6. The monoisotopic (exact) mass is 300 g/mol. The van der Waals surface area contributed by atoms with Gasteiger partial charge in [0, 0.05) is 19.3 Å². The van der Waals surface area contributed by atoms with E-state index in [0.717, 1.165) is 12.8 Å². The van der Waals surface area contributed by atoms with E-state index in [1.807, 2.05) is 0 Å². The van der Waals surface area contributed by atoms with Crippen molar-refractivity contribution in [1.82, 2.24) is 9.71 Å². The molecule has 0 saturated carbocycles. The Bertz CT molecular complexity index is 564. The van der Waals surface area contributed by atoms with E-state index in [2.05, 4.69) is 9.71 Å². The first kappa shape index (κ1) is 14.9. The lowest BCUT2D eigenvalue weighted by atomic mass is 10.2. The highest BCUT2D eigenvalue weighted by atomic mass is 32.2. The van der Waals surface area contributed by atoms with Crippen molar-refractivity contribution in [3.63, 3.8) is 0 Å². The summed E-state index contributed by atoms with van der Waals surface area (Å²) in [6.45, 7) is 0.697. The molecule has 0 aliphatic carbocycles. The minimum atomic E-state index is -3.41. The van der Waals surface area contributed by atoms with Gasteiger partial charge in [0.2, 0.25) is 10.0 Å². The molecule has 0 spiro atoms. The number of rotatable bonds is 6. The summed E-state index contributed by atoms with van der Waals surface area (Å²) in [4.78, 5) is 14.4. The number of ether oxygens (including phenoxy) is 1. The Labute approximate surface area is 117 Å². The van der Waals surface area contributed by atoms with E-state index >= 15 is 0 Å². The van der Waals surface area contributed by atoms with Crippen molar-refractivity contribution in [2.45, 2.75) is 25.5 Å². The predicted octanol–water partition coefficient (Wildman–Crippen LogP) is 0.378.